The highest BCUT2D eigenvalue weighted by Gasteiger charge is 2.38. The molecule has 1 rings (SSSR count). The maximum absolute atomic E-state index is 12.0. The maximum atomic E-state index is 12.0. The summed E-state index contributed by atoms with van der Waals surface area (Å²) < 4.78 is 39.2. The van der Waals surface area contributed by atoms with Crippen molar-refractivity contribution >= 4 is 33.2 Å². The topological polar surface area (TPSA) is 72.6 Å². The number of nitro groups is 1. The lowest BCUT2D eigenvalue weighted by atomic mass is 10.2. The Labute approximate surface area is 105 Å². The zero-order valence-electron chi connectivity index (χ0n) is 7.59. The van der Waals surface area contributed by atoms with E-state index >= 15 is 0 Å². The Morgan fingerprint density at radius 1 is 1.53 bits per heavy atom. The first kappa shape index (κ1) is 13.8. The van der Waals surface area contributed by atoms with Gasteiger partial charge in [-0.15, -0.1) is 13.2 Å². The molecule has 0 aliphatic heterocycles. The smallest absolute Gasteiger partial charge is 0.501 e. The molecule has 0 aliphatic carbocycles. The summed E-state index contributed by atoms with van der Waals surface area (Å²) in [7, 11) is 0. The molecule has 0 fully saturated rings. The SMILES string of the molecule is O=[N+]([O-])c1c(O)c(Br)cc(Cl)c1OC(F)(F)F. The molecule has 10 heteroatoms. The lowest BCUT2D eigenvalue weighted by Gasteiger charge is -2.11. The van der Waals surface area contributed by atoms with Crippen LogP contribution in [0.5, 0.6) is 11.5 Å². The van der Waals surface area contributed by atoms with Crippen molar-refractivity contribution in [1.29, 1.82) is 0 Å². The number of aromatic hydroxyl groups is 1. The molecule has 0 atom stereocenters. The molecule has 94 valence electrons. The third-order valence-corrected chi connectivity index (χ3v) is 2.42. The van der Waals surface area contributed by atoms with Crippen LogP contribution in [0.4, 0.5) is 18.9 Å². The van der Waals surface area contributed by atoms with Gasteiger partial charge in [-0.1, -0.05) is 11.6 Å². The summed E-state index contributed by atoms with van der Waals surface area (Å²) in [5.74, 6) is -2.26. The average molecular weight is 336 g/mol. The molecule has 0 saturated heterocycles. The standard InChI is InChI=1S/C7H2BrClF3NO4/c8-2-1-3(9)6(17-7(10,11)12)4(5(2)14)13(15)16/h1,14H. The van der Waals surface area contributed by atoms with Crippen LogP contribution >= 0.6 is 27.5 Å². The predicted octanol–water partition coefficient (Wildman–Crippen LogP) is 3.61. The zero-order chi connectivity index (χ0) is 13.4. The van der Waals surface area contributed by atoms with Gasteiger partial charge in [-0.2, -0.15) is 0 Å². The summed E-state index contributed by atoms with van der Waals surface area (Å²) in [6.45, 7) is 0. The van der Waals surface area contributed by atoms with Crippen LogP contribution in [0.2, 0.25) is 5.02 Å². The van der Waals surface area contributed by atoms with Gasteiger partial charge in [-0.25, -0.2) is 0 Å². The van der Waals surface area contributed by atoms with E-state index in [0.717, 1.165) is 6.07 Å². The quantitative estimate of drug-likeness (QED) is 0.661. The van der Waals surface area contributed by atoms with Gasteiger partial charge in [-0.05, 0) is 22.0 Å². The van der Waals surface area contributed by atoms with Crippen LogP contribution in [-0.4, -0.2) is 16.4 Å². The second-order valence-electron chi connectivity index (χ2n) is 2.67. The van der Waals surface area contributed by atoms with E-state index in [2.05, 4.69) is 20.7 Å². The van der Waals surface area contributed by atoms with Crippen LogP contribution in [-0.2, 0) is 0 Å². The van der Waals surface area contributed by atoms with Gasteiger partial charge in [0, 0.05) is 0 Å². The zero-order valence-corrected chi connectivity index (χ0v) is 9.93. The van der Waals surface area contributed by atoms with E-state index in [9.17, 15) is 28.4 Å². The molecule has 0 aliphatic rings. The molecule has 0 saturated carbocycles. The number of phenols is 1. The van der Waals surface area contributed by atoms with Gasteiger partial charge in [0.15, 0.2) is 0 Å². The molecular formula is C7H2BrClF3NO4. The number of hydrogen-bond donors (Lipinski definition) is 1. The molecule has 17 heavy (non-hydrogen) atoms. The van der Waals surface area contributed by atoms with E-state index in [-0.39, 0.29) is 4.47 Å². The van der Waals surface area contributed by atoms with E-state index in [0.29, 0.717) is 0 Å². The average Bonchev–Trinajstić information content (AvgIpc) is 2.11. The van der Waals surface area contributed by atoms with Gasteiger partial charge in [0.1, 0.15) is 0 Å². The second-order valence-corrected chi connectivity index (χ2v) is 3.93. The monoisotopic (exact) mass is 335 g/mol. The van der Waals surface area contributed by atoms with Gasteiger partial charge in [-0.3, -0.25) is 10.1 Å². The maximum Gasteiger partial charge on any atom is 0.573 e. The van der Waals surface area contributed by atoms with Crippen molar-refractivity contribution in [3.8, 4) is 11.5 Å². The Hall–Kier alpha value is -1.22. The van der Waals surface area contributed by atoms with E-state index in [1.54, 1.807) is 0 Å². The summed E-state index contributed by atoms with van der Waals surface area (Å²) in [5, 5.41) is 19.2. The summed E-state index contributed by atoms with van der Waals surface area (Å²) in [5.41, 5.74) is -1.26. The number of hydrogen-bond acceptors (Lipinski definition) is 4. The fourth-order valence-corrected chi connectivity index (χ4v) is 1.75. The molecule has 0 bridgehead atoms. The molecule has 0 radical (unpaired) electrons. The molecule has 5 nitrogen and oxygen atoms in total. The van der Waals surface area contributed by atoms with Crippen molar-refractivity contribution in [2.45, 2.75) is 6.36 Å². The molecule has 0 heterocycles. The van der Waals surface area contributed by atoms with E-state index in [1.165, 1.54) is 0 Å². The van der Waals surface area contributed by atoms with Crippen molar-refractivity contribution < 1.29 is 27.9 Å². The highest BCUT2D eigenvalue weighted by Crippen LogP contribution is 2.47. The summed E-state index contributed by atoms with van der Waals surface area (Å²) in [6.07, 6.45) is -5.16. The van der Waals surface area contributed by atoms with Crippen LogP contribution in [0.25, 0.3) is 0 Å². The highest BCUT2D eigenvalue weighted by atomic mass is 79.9. The predicted molar refractivity (Wildman–Crippen MR) is 54.2 cm³/mol. The molecule has 0 unspecified atom stereocenters. The Morgan fingerprint density at radius 2 is 2.06 bits per heavy atom. The normalized spacial score (nSPS) is 11.4. The van der Waals surface area contributed by atoms with Crippen molar-refractivity contribution in [2.75, 3.05) is 0 Å². The number of phenolic OH excluding ortho intramolecular Hbond substituents is 1. The Balaban J connectivity index is 3.47. The van der Waals surface area contributed by atoms with Crippen LogP contribution in [0.1, 0.15) is 0 Å². The molecule has 0 amide bonds. The number of alkyl halides is 3. The van der Waals surface area contributed by atoms with Gasteiger partial charge < -0.3 is 9.84 Å². The highest BCUT2D eigenvalue weighted by molar-refractivity contribution is 9.10. The fraction of sp³-hybridized carbons (Fsp3) is 0.143. The Morgan fingerprint density at radius 3 is 2.47 bits per heavy atom. The first-order valence-electron chi connectivity index (χ1n) is 3.74. The summed E-state index contributed by atoms with van der Waals surface area (Å²) >= 11 is 8.09. The Bertz CT molecular complexity index is 479. The molecule has 0 spiro atoms. The number of halogens is 5. The molecule has 1 aromatic rings. The Kier molecular flexibility index (Phi) is 3.72. The third kappa shape index (κ3) is 3.13. The number of benzene rings is 1. The van der Waals surface area contributed by atoms with Gasteiger partial charge in [0.2, 0.25) is 11.5 Å². The molecule has 1 N–H and O–H groups in total. The summed E-state index contributed by atoms with van der Waals surface area (Å²) in [6, 6.07) is 0.852. The lowest BCUT2D eigenvalue weighted by molar-refractivity contribution is -0.389. The molecule has 1 aromatic carbocycles. The van der Waals surface area contributed by atoms with Crippen LogP contribution in [0, 0.1) is 10.1 Å². The minimum absolute atomic E-state index is 0.219. The second kappa shape index (κ2) is 4.57. The summed E-state index contributed by atoms with van der Waals surface area (Å²) in [4.78, 5) is 9.32. The third-order valence-electron chi connectivity index (χ3n) is 1.54. The van der Waals surface area contributed by atoms with Gasteiger partial charge in [0.25, 0.3) is 0 Å². The number of rotatable bonds is 2. The number of nitro benzene ring substituents is 1. The minimum Gasteiger partial charge on any atom is -0.501 e. The van der Waals surface area contributed by atoms with Crippen molar-refractivity contribution in [2.24, 2.45) is 0 Å². The van der Waals surface area contributed by atoms with Crippen LogP contribution < -0.4 is 4.74 Å². The number of nitrogens with zero attached hydrogens (tertiary/aromatic N) is 1. The first-order valence-corrected chi connectivity index (χ1v) is 4.91. The van der Waals surface area contributed by atoms with Crippen LogP contribution in [0.15, 0.2) is 10.5 Å². The van der Waals surface area contributed by atoms with E-state index in [4.69, 9.17) is 11.6 Å². The lowest BCUT2D eigenvalue weighted by Crippen LogP contribution is -2.18. The fourth-order valence-electron chi connectivity index (χ4n) is 0.961. The van der Waals surface area contributed by atoms with E-state index in [1.807, 2.05) is 0 Å². The molecule has 0 aromatic heterocycles. The molecular weight excluding hydrogens is 334 g/mol. The van der Waals surface area contributed by atoms with Crippen molar-refractivity contribution in [1.82, 2.24) is 0 Å². The van der Waals surface area contributed by atoms with Crippen molar-refractivity contribution in [3.63, 3.8) is 0 Å². The largest absolute Gasteiger partial charge is 0.573 e. The first-order chi connectivity index (χ1) is 7.63. The van der Waals surface area contributed by atoms with Crippen LogP contribution in [0.3, 0.4) is 0 Å². The van der Waals surface area contributed by atoms with Gasteiger partial charge in [0.05, 0.1) is 14.4 Å². The van der Waals surface area contributed by atoms with Gasteiger partial charge >= 0.3 is 12.0 Å². The van der Waals surface area contributed by atoms with E-state index < -0.39 is 33.5 Å². The van der Waals surface area contributed by atoms with Crippen molar-refractivity contribution in [3.05, 3.63) is 25.7 Å². The minimum atomic E-state index is -5.16. The number of ether oxygens (including phenoxy) is 1.